The van der Waals surface area contributed by atoms with Crippen LogP contribution in [0.25, 0.3) is 0 Å². The molecule has 0 saturated carbocycles. The highest BCUT2D eigenvalue weighted by Crippen LogP contribution is 2.35. The zero-order valence-corrected chi connectivity index (χ0v) is 22.1. The maximum absolute atomic E-state index is 13.1. The molecule has 11 nitrogen and oxygen atoms in total. The van der Waals surface area contributed by atoms with E-state index in [0.29, 0.717) is 31.6 Å². The molecule has 0 aromatic carbocycles. The molecular weight excluding hydrogens is 470 g/mol. The first-order valence-electron chi connectivity index (χ1n) is 12.0. The fourth-order valence-electron chi connectivity index (χ4n) is 3.23. The number of nitrogens with zero attached hydrogens (tertiary/aromatic N) is 2. The van der Waals surface area contributed by atoms with Gasteiger partial charge < -0.3 is 24.3 Å². The summed E-state index contributed by atoms with van der Waals surface area (Å²) in [5.41, 5.74) is -1.12. The van der Waals surface area contributed by atoms with Crippen molar-refractivity contribution in [1.29, 1.82) is 0 Å². The molecular formula is C25H37N3O8. The Morgan fingerprint density at radius 3 is 2.19 bits per heavy atom. The van der Waals surface area contributed by atoms with E-state index in [-0.39, 0.29) is 24.0 Å². The van der Waals surface area contributed by atoms with Crippen molar-refractivity contribution >= 4 is 35.6 Å². The number of esters is 1. The smallest absolute Gasteiger partial charge is 0.425 e. The second kappa shape index (κ2) is 12.2. The van der Waals surface area contributed by atoms with Crippen molar-refractivity contribution in [2.75, 3.05) is 30.0 Å². The van der Waals surface area contributed by atoms with E-state index in [1.165, 1.54) is 6.20 Å². The van der Waals surface area contributed by atoms with Gasteiger partial charge in [0.05, 0.1) is 25.1 Å². The summed E-state index contributed by atoms with van der Waals surface area (Å²) in [7, 11) is 0. The van der Waals surface area contributed by atoms with E-state index in [1.807, 2.05) is 6.92 Å². The summed E-state index contributed by atoms with van der Waals surface area (Å²) in [6, 6.07) is 1.56. The number of unbranched alkanes of at least 4 members (excludes halogenated alkanes) is 1. The number of imide groups is 1. The van der Waals surface area contributed by atoms with E-state index in [4.69, 9.17) is 18.9 Å². The number of ether oxygens (including phenoxy) is 4. The lowest BCUT2D eigenvalue weighted by Gasteiger charge is -2.29. The molecule has 0 aliphatic carbocycles. The minimum Gasteiger partial charge on any atom is -0.459 e. The molecule has 1 fully saturated rings. The van der Waals surface area contributed by atoms with Crippen LogP contribution >= 0.6 is 0 Å². The molecule has 1 unspecified atom stereocenters. The zero-order chi connectivity index (χ0) is 27.1. The van der Waals surface area contributed by atoms with E-state index in [0.717, 1.165) is 11.3 Å². The van der Waals surface area contributed by atoms with Crippen molar-refractivity contribution < 1.29 is 38.1 Å². The number of nitrogens with one attached hydrogen (secondary N) is 1. The molecule has 1 atom stereocenters. The maximum Gasteiger partial charge on any atom is 0.425 e. The zero-order valence-electron chi connectivity index (χ0n) is 22.1. The summed E-state index contributed by atoms with van der Waals surface area (Å²) < 4.78 is 21.4. The number of rotatable bonds is 6. The van der Waals surface area contributed by atoms with Gasteiger partial charge in [0.1, 0.15) is 11.2 Å². The molecule has 2 heterocycles. The van der Waals surface area contributed by atoms with Crippen molar-refractivity contribution in [1.82, 2.24) is 4.98 Å². The molecule has 0 radical (unpaired) electrons. The van der Waals surface area contributed by atoms with Crippen LogP contribution in [-0.4, -0.2) is 60.1 Å². The first kappa shape index (κ1) is 29.0. The van der Waals surface area contributed by atoms with Crippen LogP contribution in [0.3, 0.4) is 0 Å². The first-order valence-corrected chi connectivity index (χ1v) is 12.0. The van der Waals surface area contributed by atoms with Gasteiger partial charge >= 0.3 is 24.1 Å². The number of carbonyl (C=O) groups excluding carboxylic acids is 4. The second-order valence-corrected chi connectivity index (χ2v) is 10.4. The number of hydrogen-bond acceptors (Lipinski definition) is 9. The molecule has 1 aliphatic rings. The van der Waals surface area contributed by atoms with Crippen molar-refractivity contribution in [2.24, 2.45) is 0 Å². The van der Waals surface area contributed by atoms with Gasteiger partial charge in [0.2, 0.25) is 0 Å². The summed E-state index contributed by atoms with van der Waals surface area (Å²) in [6.45, 7) is 12.9. The molecule has 36 heavy (non-hydrogen) atoms. The average molecular weight is 508 g/mol. The molecule has 2 rings (SSSR count). The van der Waals surface area contributed by atoms with E-state index in [9.17, 15) is 19.2 Å². The van der Waals surface area contributed by atoms with Gasteiger partial charge in [0, 0.05) is 18.1 Å². The highest BCUT2D eigenvalue weighted by Gasteiger charge is 2.37. The van der Waals surface area contributed by atoms with Crippen molar-refractivity contribution in [3.8, 4) is 0 Å². The van der Waals surface area contributed by atoms with Gasteiger partial charge in [-0.15, -0.1) is 0 Å². The minimum atomic E-state index is -1.01. The Labute approximate surface area is 211 Å². The highest BCUT2D eigenvalue weighted by atomic mass is 16.6. The number of carbonyl (C=O) groups is 4. The predicted molar refractivity (Wildman–Crippen MR) is 132 cm³/mol. The van der Waals surface area contributed by atoms with Gasteiger partial charge in [0.25, 0.3) is 0 Å². The number of amides is 3. The second-order valence-electron chi connectivity index (χ2n) is 10.4. The van der Waals surface area contributed by atoms with Crippen LogP contribution in [-0.2, 0) is 28.5 Å². The van der Waals surface area contributed by atoms with Crippen molar-refractivity contribution in [3.63, 3.8) is 0 Å². The molecule has 200 valence electrons. The van der Waals surface area contributed by atoms with Gasteiger partial charge in [-0.1, -0.05) is 13.3 Å². The predicted octanol–water partition coefficient (Wildman–Crippen LogP) is 4.54. The van der Waals surface area contributed by atoms with Crippen LogP contribution in [0.4, 0.5) is 21.1 Å². The summed E-state index contributed by atoms with van der Waals surface area (Å²) in [4.78, 5) is 55.6. The van der Waals surface area contributed by atoms with E-state index in [2.05, 4.69) is 10.3 Å². The fraction of sp³-hybridized carbons (Fsp3) is 0.640. The largest absolute Gasteiger partial charge is 0.459 e. The Hall–Kier alpha value is -3.21. The number of hydrogen-bond donors (Lipinski definition) is 1. The third kappa shape index (κ3) is 8.78. The molecule has 3 amide bonds. The number of aromatic nitrogens is 1. The van der Waals surface area contributed by atoms with Crippen LogP contribution in [0.2, 0.25) is 0 Å². The van der Waals surface area contributed by atoms with E-state index >= 15 is 0 Å². The van der Waals surface area contributed by atoms with E-state index < -0.39 is 35.3 Å². The SMILES string of the molecule is CCCCOC(=O)C(=O)Nc1cnc(N(C(=O)OC(C)(C)C)C(=O)OC(C)(C)C)c(C2CCOC2)c1. The van der Waals surface area contributed by atoms with Crippen LogP contribution in [0.5, 0.6) is 0 Å². The Morgan fingerprint density at radius 2 is 1.69 bits per heavy atom. The van der Waals surface area contributed by atoms with Crippen LogP contribution in [0, 0.1) is 0 Å². The third-order valence-electron chi connectivity index (χ3n) is 4.80. The van der Waals surface area contributed by atoms with Gasteiger partial charge in [-0.3, -0.25) is 4.79 Å². The van der Waals surface area contributed by atoms with Crippen LogP contribution in [0.15, 0.2) is 12.3 Å². The lowest BCUT2D eigenvalue weighted by atomic mass is 9.98. The minimum absolute atomic E-state index is 0.00230. The third-order valence-corrected chi connectivity index (χ3v) is 4.80. The standard InChI is InChI=1S/C25H37N3O8/c1-8-9-11-34-21(30)20(29)27-17-13-18(16-10-12-33-15-16)19(26-14-17)28(22(31)35-24(2,3)4)23(32)36-25(5,6)7/h13-14,16H,8-12,15H2,1-7H3,(H,27,29). The topological polar surface area (TPSA) is 133 Å². The lowest BCUT2D eigenvalue weighted by molar-refractivity contribution is -0.152. The number of anilines is 2. The molecule has 1 aromatic rings. The van der Waals surface area contributed by atoms with Crippen LogP contribution in [0.1, 0.15) is 79.2 Å². The molecule has 1 aromatic heterocycles. The Balaban J connectivity index is 2.45. The number of pyridine rings is 1. The van der Waals surface area contributed by atoms with Crippen molar-refractivity contribution in [3.05, 3.63) is 17.8 Å². The Bertz CT molecular complexity index is 931. The molecule has 0 bridgehead atoms. The Kier molecular flexibility index (Phi) is 9.80. The molecule has 1 N–H and O–H groups in total. The molecule has 11 heteroatoms. The van der Waals surface area contributed by atoms with Gasteiger partial charge in [-0.25, -0.2) is 19.4 Å². The van der Waals surface area contributed by atoms with Gasteiger partial charge in [-0.2, -0.15) is 4.90 Å². The van der Waals surface area contributed by atoms with Gasteiger partial charge in [-0.05, 0) is 60.5 Å². The quantitative estimate of drug-likeness (QED) is 0.255. The molecule has 0 spiro atoms. The normalized spacial score (nSPS) is 15.7. The monoisotopic (exact) mass is 507 g/mol. The maximum atomic E-state index is 13.1. The highest BCUT2D eigenvalue weighted by molar-refractivity contribution is 6.37. The van der Waals surface area contributed by atoms with E-state index in [1.54, 1.807) is 47.6 Å². The molecule has 1 aliphatic heterocycles. The first-order chi connectivity index (χ1) is 16.7. The summed E-state index contributed by atoms with van der Waals surface area (Å²) >= 11 is 0. The molecule has 1 saturated heterocycles. The lowest BCUT2D eigenvalue weighted by Crippen LogP contribution is -2.44. The van der Waals surface area contributed by atoms with Crippen molar-refractivity contribution in [2.45, 2.75) is 84.8 Å². The van der Waals surface area contributed by atoms with Crippen LogP contribution < -0.4 is 10.2 Å². The summed E-state index contributed by atoms with van der Waals surface area (Å²) in [6.07, 6.45) is 1.39. The Morgan fingerprint density at radius 1 is 1.08 bits per heavy atom. The summed E-state index contributed by atoms with van der Waals surface area (Å²) in [5, 5.41) is 2.47. The fourth-order valence-corrected chi connectivity index (χ4v) is 3.23. The summed E-state index contributed by atoms with van der Waals surface area (Å²) in [5.74, 6) is -2.20. The average Bonchev–Trinajstić information content (AvgIpc) is 3.27. The van der Waals surface area contributed by atoms with Gasteiger partial charge in [0.15, 0.2) is 5.82 Å².